The molecule has 118 valence electrons. The van der Waals surface area contributed by atoms with Crippen LogP contribution in [0.5, 0.6) is 0 Å². The molecule has 0 spiro atoms. The average Bonchev–Trinajstić information content (AvgIpc) is 2.41. The highest BCUT2D eigenvalue weighted by Gasteiger charge is 2.18. The Labute approximate surface area is 132 Å². The Kier molecular flexibility index (Phi) is 7.07. The third-order valence-electron chi connectivity index (χ3n) is 3.80. The van der Waals surface area contributed by atoms with Crippen molar-refractivity contribution in [2.45, 2.75) is 60.8 Å². The molecule has 0 saturated carbocycles. The molecule has 1 aromatic carbocycles. The van der Waals surface area contributed by atoms with Crippen molar-refractivity contribution in [1.82, 2.24) is 0 Å². The molecule has 21 heavy (non-hydrogen) atoms. The monoisotopic (exact) mass is 306 g/mol. The Morgan fingerprint density at radius 1 is 1.14 bits per heavy atom. The maximum absolute atomic E-state index is 12.7. The summed E-state index contributed by atoms with van der Waals surface area (Å²) in [5.74, 6) is 0.617. The van der Waals surface area contributed by atoms with E-state index in [1.807, 2.05) is 0 Å². The van der Waals surface area contributed by atoms with Gasteiger partial charge in [0.2, 0.25) is 0 Å². The number of benzene rings is 1. The second kappa shape index (κ2) is 8.08. The van der Waals surface area contributed by atoms with Crippen LogP contribution in [0.15, 0.2) is 18.2 Å². The molecule has 1 aromatic rings. The third-order valence-corrected chi connectivity index (χ3v) is 5.27. The second-order valence-electron chi connectivity index (χ2n) is 7.24. The molecular formula is C19H31OP. The first-order valence-electron chi connectivity index (χ1n) is 8.17. The minimum atomic E-state index is 0.350. The zero-order chi connectivity index (χ0) is 16.0. The van der Waals surface area contributed by atoms with Crippen molar-refractivity contribution < 1.29 is 4.79 Å². The molecule has 0 saturated heterocycles. The zero-order valence-corrected chi connectivity index (χ0v) is 15.5. The minimum Gasteiger partial charge on any atom is -0.289 e. The first-order valence-corrected chi connectivity index (χ1v) is 9.38. The Balaban J connectivity index is 2.76. The molecule has 2 atom stereocenters. The summed E-state index contributed by atoms with van der Waals surface area (Å²) >= 11 is 0. The van der Waals surface area contributed by atoms with Gasteiger partial charge in [-0.15, -0.1) is 0 Å². The van der Waals surface area contributed by atoms with Crippen LogP contribution in [0.4, 0.5) is 0 Å². The molecule has 0 aliphatic heterocycles. The fourth-order valence-electron chi connectivity index (χ4n) is 3.01. The first-order chi connectivity index (χ1) is 9.78. The van der Waals surface area contributed by atoms with Gasteiger partial charge < -0.3 is 0 Å². The lowest BCUT2D eigenvalue weighted by Crippen LogP contribution is -2.13. The summed E-state index contributed by atoms with van der Waals surface area (Å²) in [6.07, 6.45) is 4.09. The third kappa shape index (κ3) is 5.91. The molecule has 0 heterocycles. The van der Waals surface area contributed by atoms with Gasteiger partial charge in [0, 0.05) is 5.56 Å². The van der Waals surface area contributed by atoms with Gasteiger partial charge >= 0.3 is 0 Å². The predicted octanol–water partition coefficient (Wildman–Crippen LogP) is 5.70. The average molecular weight is 306 g/mol. The van der Waals surface area contributed by atoms with Gasteiger partial charge in [-0.05, 0) is 56.5 Å². The molecule has 0 bridgehead atoms. The Morgan fingerprint density at radius 2 is 1.67 bits per heavy atom. The van der Waals surface area contributed by atoms with E-state index in [9.17, 15) is 4.79 Å². The highest BCUT2D eigenvalue weighted by molar-refractivity contribution is 7.58. The summed E-state index contributed by atoms with van der Waals surface area (Å²) < 4.78 is 0. The quantitative estimate of drug-likeness (QED) is 0.590. The molecular weight excluding hydrogens is 275 g/mol. The summed E-state index contributed by atoms with van der Waals surface area (Å²) in [6, 6.07) is 6.30. The Morgan fingerprint density at radius 3 is 2.10 bits per heavy atom. The van der Waals surface area contributed by atoms with Crippen LogP contribution >= 0.6 is 8.58 Å². The van der Waals surface area contributed by atoms with Crippen molar-refractivity contribution in [2.24, 2.45) is 11.3 Å². The smallest absolute Gasteiger partial charge is 0.181 e. The van der Waals surface area contributed by atoms with Gasteiger partial charge in [0.1, 0.15) is 0 Å². The molecule has 2 heteroatoms. The van der Waals surface area contributed by atoms with Crippen molar-refractivity contribution in [3.05, 3.63) is 34.9 Å². The van der Waals surface area contributed by atoms with Gasteiger partial charge in [0.05, 0.1) is 0 Å². The Bertz CT molecular complexity index is 449. The van der Waals surface area contributed by atoms with Crippen molar-refractivity contribution in [3.63, 3.8) is 0 Å². The molecule has 0 radical (unpaired) electrons. The topological polar surface area (TPSA) is 17.1 Å². The van der Waals surface area contributed by atoms with Gasteiger partial charge in [0.15, 0.2) is 5.52 Å². The fraction of sp³-hybridized carbons (Fsp3) is 0.632. The molecule has 0 aliphatic carbocycles. The van der Waals surface area contributed by atoms with Crippen LogP contribution < -0.4 is 0 Å². The normalized spacial score (nSPS) is 13.8. The lowest BCUT2D eigenvalue weighted by Gasteiger charge is -2.23. The summed E-state index contributed by atoms with van der Waals surface area (Å²) in [5, 5.41) is 0. The van der Waals surface area contributed by atoms with Gasteiger partial charge in [-0.1, -0.05) is 59.7 Å². The van der Waals surface area contributed by atoms with E-state index in [1.54, 1.807) is 0 Å². The zero-order valence-electron chi connectivity index (χ0n) is 14.5. The van der Waals surface area contributed by atoms with E-state index in [-0.39, 0.29) is 0 Å². The van der Waals surface area contributed by atoms with E-state index >= 15 is 0 Å². The molecule has 0 N–H and O–H groups in total. The second-order valence-corrected chi connectivity index (χ2v) is 8.45. The number of aryl methyl sites for hydroxylation is 2. The number of hydrogen-bond acceptors (Lipinski definition) is 1. The number of hydrogen-bond donors (Lipinski definition) is 0. The highest BCUT2D eigenvalue weighted by atomic mass is 31.1. The largest absolute Gasteiger partial charge is 0.289 e. The summed E-state index contributed by atoms with van der Waals surface area (Å²) in [7, 11) is 0.410. The number of rotatable bonds is 7. The predicted molar refractivity (Wildman–Crippen MR) is 95.9 cm³/mol. The molecule has 0 aromatic heterocycles. The van der Waals surface area contributed by atoms with Gasteiger partial charge in [-0.25, -0.2) is 0 Å². The van der Waals surface area contributed by atoms with Gasteiger partial charge in [0.25, 0.3) is 0 Å². The molecule has 0 fully saturated rings. The first kappa shape index (κ1) is 18.4. The molecule has 0 aliphatic rings. The fourth-order valence-corrected chi connectivity index (χ4v) is 4.18. The number of carbonyl (C=O) groups is 1. The van der Waals surface area contributed by atoms with Gasteiger partial charge in [-0.3, -0.25) is 4.79 Å². The minimum absolute atomic E-state index is 0.350. The van der Waals surface area contributed by atoms with E-state index < -0.39 is 0 Å². The summed E-state index contributed by atoms with van der Waals surface area (Å²) in [6.45, 7) is 13.4. The Hall–Kier alpha value is -0.680. The van der Waals surface area contributed by atoms with Gasteiger partial charge in [-0.2, -0.15) is 0 Å². The summed E-state index contributed by atoms with van der Waals surface area (Å²) in [5.41, 5.74) is 4.17. The van der Waals surface area contributed by atoms with Crippen LogP contribution in [-0.4, -0.2) is 11.7 Å². The molecule has 2 unspecified atom stereocenters. The van der Waals surface area contributed by atoms with Crippen molar-refractivity contribution in [1.29, 1.82) is 0 Å². The van der Waals surface area contributed by atoms with Crippen molar-refractivity contribution in [3.8, 4) is 0 Å². The van der Waals surface area contributed by atoms with E-state index in [0.29, 0.717) is 25.4 Å². The molecule has 1 nitrogen and oxygen atoms in total. The highest BCUT2D eigenvalue weighted by Crippen LogP contribution is 2.31. The van der Waals surface area contributed by atoms with E-state index in [0.717, 1.165) is 24.6 Å². The lowest BCUT2D eigenvalue weighted by atomic mass is 9.86. The van der Waals surface area contributed by atoms with E-state index in [2.05, 4.69) is 59.7 Å². The van der Waals surface area contributed by atoms with Crippen molar-refractivity contribution >= 4 is 14.1 Å². The van der Waals surface area contributed by atoms with Crippen LogP contribution in [0, 0.1) is 11.3 Å². The van der Waals surface area contributed by atoms with Crippen LogP contribution in [0.25, 0.3) is 0 Å². The van der Waals surface area contributed by atoms with Crippen LogP contribution in [0.2, 0.25) is 0 Å². The maximum Gasteiger partial charge on any atom is 0.181 e. The van der Waals surface area contributed by atoms with E-state index in [4.69, 9.17) is 0 Å². The number of carbonyl (C=O) groups excluding carboxylic acids is 1. The van der Waals surface area contributed by atoms with Crippen molar-refractivity contribution in [2.75, 3.05) is 6.16 Å². The van der Waals surface area contributed by atoms with Crippen LogP contribution in [0.3, 0.4) is 0 Å². The van der Waals surface area contributed by atoms with Crippen LogP contribution in [0.1, 0.15) is 69.4 Å². The maximum atomic E-state index is 12.7. The standard InChI is InChI=1S/C19H31OP/c1-7-15-10-9-11-16(8-2)17(15)18(20)21-13-14(3)12-19(4,5)6/h9-11,14,21H,7-8,12-13H2,1-6H3. The SMILES string of the molecule is CCc1cccc(CC)c1C(=O)PCC(C)CC(C)(C)C. The summed E-state index contributed by atoms with van der Waals surface area (Å²) in [4.78, 5) is 12.7. The molecule has 0 amide bonds. The lowest BCUT2D eigenvalue weighted by molar-refractivity contribution is 0.108. The van der Waals surface area contributed by atoms with E-state index in [1.165, 1.54) is 17.5 Å². The molecule has 1 rings (SSSR count). The van der Waals surface area contributed by atoms with Crippen LogP contribution in [-0.2, 0) is 12.8 Å².